The second-order valence-electron chi connectivity index (χ2n) is 9.70. The first kappa shape index (κ1) is 35.1. The van der Waals surface area contributed by atoms with Gasteiger partial charge in [0.05, 0.1) is 18.5 Å². The number of ether oxygens (including phenoxy) is 1. The molecule has 0 fully saturated rings. The van der Waals surface area contributed by atoms with Crippen molar-refractivity contribution in [1.82, 2.24) is 15.0 Å². The van der Waals surface area contributed by atoms with E-state index in [1.165, 1.54) is 36.5 Å². The van der Waals surface area contributed by atoms with Crippen LogP contribution in [0.5, 0.6) is 0 Å². The van der Waals surface area contributed by atoms with Gasteiger partial charge in [-0.05, 0) is 36.4 Å². The molecule has 17 heteroatoms. The second kappa shape index (κ2) is 14.8. The van der Waals surface area contributed by atoms with Gasteiger partial charge in [-0.3, -0.25) is 4.79 Å². The van der Waals surface area contributed by atoms with Crippen molar-refractivity contribution in [3.8, 4) is 22.9 Å². The number of carboxylic acid groups (broad SMARTS) is 1. The van der Waals surface area contributed by atoms with Crippen molar-refractivity contribution in [1.29, 1.82) is 0 Å². The van der Waals surface area contributed by atoms with Crippen molar-refractivity contribution in [2.75, 3.05) is 37.5 Å². The summed E-state index contributed by atoms with van der Waals surface area (Å²) in [5.74, 6) is -5.05. The van der Waals surface area contributed by atoms with Crippen LogP contribution in [0.2, 0.25) is 0 Å². The lowest BCUT2D eigenvalue weighted by Crippen LogP contribution is -2.23. The van der Waals surface area contributed by atoms with E-state index in [0.29, 0.717) is 24.5 Å². The number of nitrogens with one attached hydrogen (secondary N) is 1. The number of hydrogen-bond acceptors (Lipinski definition) is 9. The summed E-state index contributed by atoms with van der Waals surface area (Å²) in [5.41, 5.74) is -2.10. The first-order valence-corrected chi connectivity index (χ1v) is 13.7. The van der Waals surface area contributed by atoms with Crippen LogP contribution in [0.4, 0.5) is 37.8 Å². The van der Waals surface area contributed by atoms with E-state index in [9.17, 15) is 35.9 Å². The number of carbonyl (C=O) groups is 2. The molecule has 5 aromatic rings. The lowest BCUT2D eigenvalue weighted by atomic mass is 10.2. The van der Waals surface area contributed by atoms with E-state index in [1.54, 1.807) is 49.6 Å². The van der Waals surface area contributed by atoms with E-state index in [4.69, 9.17) is 14.3 Å². The molecule has 0 saturated heterocycles. The molecule has 11 nitrogen and oxygen atoms in total. The van der Waals surface area contributed by atoms with Gasteiger partial charge in [0.25, 0.3) is 5.91 Å². The Morgan fingerprint density at radius 3 is 1.73 bits per heavy atom. The number of likely N-dealkylation sites (N-methyl/N-ethyl adjacent to an activating group) is 1. The normalized spacial score (nSPS) is 11.4. The third-order valence-electron chi connectivity index (χ3n) is 6.26. The molecule has 2 aromatic carbocycles. The summed E-state index contributed by atoms with van der Waals surface area (Å²) in [6, 6.07) is 19.0. The van der Waals surface area contributed by atoms with Crippen molar-refractivity contribution in [3.05, 3.63) is 102 Å². The molecule has 0 saturated carbocycles. The Hall–Kier alpha value is -5.71. The Morgan fingerprint density at radius 1 is 0.812 bits per heavy atom. The van der Waals surface area contributed by atoms with E-state index in [0.717, 1.165) is 0 Å². The number of pyridine rings is 1. The number of hydrogen-bond donors (Lipinski definition) is 2. The average Bonchev–Trinajstić information content (AvgIpc) is 3.72. The van der Waals surface area contributed by atoms with E-state index in [2.05, 4.69) is 24.7 Å². The number of halogens is 6. The molecule has 0 unspecified atom stereocenters. The van der Waals surface area contributed by atoms with Crippen molar-refractivity contribution >= 4 is 23.4 Å². The van der Waals surface area contributed by atoms with Crippen LogP contribution >= 0.6 is 0 Å². The molecule has 252 valence electrons. The average molecular weight is 678 g/mol. The summed E-state index contributed by atoms with van der Waals surface area (Å²) in [5, 5.41) is 11.0. The summed E-state index contributed by atoms with van der Waals surface area (Å²) in [6.45, 7) is 1.11. The number of rotatable bonds is 9. The molecule has 0 aliphatic rings. The monoisotopic (exact) mass is 677 g/mol. The molecule has 0 radical (unpaired) electrons. The first-order valence-electron chi connectivity index (χ1n) is 13.7. The van der Waals surface area contributed by atoms with Gasteiger partial charge in [-0.15, -0.1) is 0 Å². The van der Waals surface area contributed by atoms with Crippen LogP contribution in [0.1, 0.15) is 32.5 Å². The Labute approximate surface area is 267 Å². The number of benzene rings is 2. The van der Waals surface area contributed by atoms with Gasteiger partial charge in [-0.25, -0.2) is 19.7 Å². The number of carbonyl (C=O) groups excluding carboxylic acids is 1. The molecule has 0 spiro atoms. The van der Waals surface area contributed by atoms with Gasteiger partial charge in [0.15, 0.2) is 11.4 Å². The van der Waals surface area contributed by atoms with Crippen LogP contribution < -0.4 is 10.2 Å². The molecule has 3 aromatic heterocycles. The number of aromatic carboxylic acids is 1. The predicted molar refractivity (Wildman–Crippen MR) is 158 cm³/mol. The number of nitrogens with zero attached hydrogens (tertiary/aromatic N) is 4. The van der Waals surface area contributed by atoms with E-state index in [1.807, 2.05) is 11.9 Å². The van der Waals surface area contributed by atoms with Crippen molar-refractivity contribution < 1.29 is 54.6 Å². The molecule has 3 heterocycles. The van der Waals surface area contributed by atoms with Crippen LogP contribution in [0.25, 0.3) is 22.9 Å². The highest BCUT2D eigenvalue weighted by molar-refractivity contribution is 6.03. The highest BCUT2D eigenvalue weighted by Crippen LogP contribution is 2.36. The number of carboxylic acids is 1. The van der Waals surface area contributed by atoms with Crippen molar-refractivity contribution in [3.63, 3.8) is 0 Å². The predicted octanol–water partition coefficient (Wildman–Crippen LogP) is 7.15. The lowest BCUT2D eigenvalue weighted by Gasteiger charge is -2.17. The maximum atomic E-state index is 13.4. The van der Waals surface area contributed by atoms with Gasteiger partial charge in [0.2, 0.25) is 23.3 Å². The quantitative estimate of drug-likeness (QED) is 0.154. The largest absolute Gasteiger partial charge is 0.475 e. The smallest absolute Gasteiger partial charge is 0.437 e. The third-order valence-corrected chi connectivity index (χ3v) is 6.26. The maximum Gasteiger partial charge on any atom is 0.437 e. The molecule has 48 heavy (non-hydrogen) atoms. The molecule has 0 aliphatic heterocycles. The molecule has 1 amide bonds. The van der Waals surface area contributed by atoms with Gasteiger partial charge < -0.3 is 28.9 Å². The number of amides is 1. The van der Waals surface area contributed by atoms with Crippen LogP contribution in [-0.4, -0.2) is 59.2 Å². The summed E-state index contributed by atoms with van der Waals surface area (Å²) in [6.07, 6.45) is -8.38. The molecule has 0 bridgehead atoms. The van der Waals surface area contributed by atoms with Gasteiger partial charge in [0, 0.05) is 31.8 Å². The summed E-state index contributed by atoms with van der Waals surface area (Å²) in [7, 11) is 3.40. The third kappa shape index (κ3) is 8.75. The van der Waals surface area contributed by atoms with Gasteiger partial charge in [-0.2, -0.15) is 26.3 Å². The van der Waals surface area contributed by atoms with Crippen LogP contribution in [0.3, 0.4) is 0 Å². The van der Waals surface area contributed by atoms with E-state index in [-0.39, 0.29) is 23.0 Å². The number of anilines is 2. The first-order chi connectivity index (χ1) is 22.7. The SMILES string of the molecule is COCCN(C)c1ccc(NC(=O)c2oc(-c3ccccc3)nc2C(F)(F)F)cn1.O=C(O)c1oc(-c2ccccc2)nc1C(F)(F)F. The second-order valence-corrected chi connectivity index (χ2v) is 9.70. The van der Waals surface area contributed by atoms with Gasteiger partial charge in [-0.1, -0.05) is 36.4 Å². The highest BCUT2D eigenvalue weighted by Gasteiger charge is 2.42. The van der Waals surface area contributed by atoms with Gasteiger partial charge >= 0.3 is 18.3 Å². The zero-order valence-corrected chi connectivity index (χ0v) is 25.0. The Balaban J connectivity index is 0.000000246. The van der Waals surface area contributed by atoms with Crippen molar-refractivity contribution in [2.24, 2.45) is 0 Å². The minimum atomic E-state index is -4.87. The highest BCUT2D eigenvalue weighted by atomic mass is 19.4. The molecule has 5 rings (SSSR count). The number of oxazole rings is 2. The van der Waals surface area contributed by atoms with E-state index < -0.39 is 47.1 Å². The lowest BCUT2D eigenvalue weighted by molar-refractivity contribution is -0.142. The zero-order valence-electron chi connectivity index (χ0n) is 25.0. The van der Waals surface area contributed by atoms with Crippen LogP contribution in [-0.2, 0) is 17.1 Å². The molecular formula is C31H25F6N5O6. The summed E-state index contributed by atoms with van der Waals surface area (Å²) >= 11 is 0. The summed E-state index contributed by atoms with van der Waals surface area (Å²) in [4.78, 5) is 35.9. The van der Waals surface area contributed by atoms with E-state index >= 15 is 0 Å². The topological polar surface area (TPSA) is 144 Å². The minimum absolute atomic E-state index is 0.217. The fraction of sp³-hybridized carbons (Fsp3) is 0.194. The van der Waals surface area contributed by atoms with Crippen LogP contribution in [0, 0.1) is 0 Å². The molecular weight excluding hydrogens is 652 g/mol. The molecule has 2 N–H and O–H groups in total. The Bertz CT molecular complexity index is 1820. The molecule has 0 atom stereocenters. The Morgan fingerprint density at radius 2 is 1.31 bits per heavy atom. The zero-order chi connectivity index (χ0) is 35.1. The minimum Gasteiger partial charge on any atom is -0.475 e. The van der Waals surface area contributed by atoms with Gasteiger partial charge in [0.1, 0.15) is 5.82 Å². The van der Waals surface area contributed by atoms with Crippen molar-refractivity contribution in [2.45, 2.75) is 12.4 Å². The number of methoxy groups -OCH3 is 1. The standard InChI is InChI=1S/C20H19F3N4O3.C11H6F3NO3/c1-27(10-11-29-2)15-9-8-14(12-24-15)25-18(28)16-17(20(21,22)23)26-19(30-16)13-6-4-3-5-7-13;12-11(13,14)8-7(10(16)17)18-9(15-8)6-4-2-1-3-5-6/h3-9,12H,10-11H2,1-2H3,(H,25,28);1-5H,(H,16,17). The maximum absolute atomic E-state index is 13.4. The summed E-state index contributed by atoms with van der Waals surface area (Å²) < 4.78 is 92.7. The fourth-order valence-electron chi connectivity index (χ4n) is 3.95. The van der Waals surface area contributed by atoms with Crippen LogP contribution in [0.15, 0.2) is 87.8 Å². The number of alkyl halides is 6. The fourth-order valence-corrected chi connectivity index (χ4v) is 3.95. The number of aromatic nitrogens is 3. The Kier molecular flexibility index (Phi) is 10.8. The molecule has 0 aliphatic carbocycles.